The Hall–Kier alpha value is -2.08. The van der Waals surface area contributed by atoms with Crippen LogP contribution in [0.3, 0.4) is 0 Å². The topological polar surface area (TPSA) is 57.7 Å². The number of hydrogen-bond donors (Lipinski definition) is 0. The summed E-state index contributed by atoms with van der Waals surface area (Å²) in [6.45, 7) is 0.00920. The second-order valence-electron chi connectivity index (χ2n) is 7.60. The number of benzene rings is 2. The zero-order valence-electron chi connectivity index (χ0n) is 16.0. The van der Waals surface area contributed by atoms with E-state index >= 15 is 0 Å². The second-order valence-corrected chi connectivity index (χ2v) is 8.85. The van der Waals surface area contributed by atoms with Crippen molar-refractivity contribution in [3.05, 3.63) is 68.7 Å². The molecule has 1 heterocycles. The SMILES string of the molecule is O=C(c1ccc(Cl)cc1)N(Cc1ccc(Cl)c(Cl)c1)N1C(=O)[C@@H]2CCCC[C@H]2C1=O. The molecule has 0 unspecified atom stereocenters. The van der Waals surface area contributed by atoms with Gasteiger partial charge < -0.3 is 0 Å². The van der Waals surface area contributed by atoms with Gasteiger partial charge in [-0.25, -0.2) is 5.01 Å². The third-order valence-corrected chi connectivity index (χ3v) is 6.69. The van der Waals surface area contributed by atoms with Crippen molar-refractivity contribution in [3.63, 3.8) is 0 Å². The van der Waals surface area contributed by atoms with Gasteiger partial charge >= 0.3 is 0 Å². The molecule has 1 aliphatic carbocycles. The molecular weight excluding hydrogens is 447 g/mol. The summed E-state index contributed by atoms with van der Waals surface area (Å²) in [5.41, 5.74) is 0.983. The molecule has 2 aliphatic rings. The first-order chi connectivity index (χ1) is 14.4. The summed E-state index contributed by atoms with van der Waals surface area (Å²) in [7, 11) is 0. The largest absolute Gasteiger partial charge is 0.273 e. The van der Waals surface area contributed by atoms with Gasteiger partial charge in [0.15, 0.2) is 0 Å². The normalized spacial score (nSPS) is 21.0. The molecule has 0 aromatic heterocycles. The number of hydrogen-bond acceptors (Lipinski definition) is 3. The fourth-order valence-corrected chi connectivity index (χ4v) is 4.62. The number of halogens is 3. The van der Waals surface area contributed by atoms with Crippen LogP contribution in [0.5, 0.6) is 0 Å². The van der Waals surface area contributed by atoms with Crippen LogP contribution < -0.4 is 0 Å². The lowest BCUT2D eigenvalue weighted by Crippen LogP contribution is -2.49. The van der Waals surface area contributed by atoms with Gasteiger partial charge in [-0.3, -0.25) is 14.4 Å². The highest BCUT2D eigenvalue weighted by atomic mass is 35.5. The molecule has 2 aromatic carbocycles. The van der Waals surface area contributed by atoms with E-state index in [-0.39, 0.29) is 30.2 Å². The maximum absolute atomic E-state index is 13.4. The summed E-state index contributed by atoms with van der Waals surface area (Å²) in [6, 6.07) is 11.3. The van der Waals surface area contributed by atoms with E-state index in [1.54, 1.807) is 42.5 Å². The number of carbonyl (C=O) groups is 3. The lowest BCUT2D eigenvalue weighted by atomic mass is 9.81. The first-order valence-corrected chi connectivity index (χ1v) is 10.9. The highest BCUT2D eigenvalue weighted by molar-refractivity contribution is 6.42. The van der Waals surface area contributed by atoms with Crippen LogP contribution in [-0.4, -0.2) is 27.7 Å². The van der Waals surface area contributed by atoms with Crippen molar-refractivity contribution in [2.24, 2.45) is 11.8 Å². The molecule has 1 saturated carbocycles. The first kappa shape index (κ1) is 21.2. The van der Waals surface area contributed by atoms with Gasteiger partial charge in [0.1, 0.15) is 0 Å². The van der Waals surface area contributed by atoms with E-state index in [0.717, 1.165) is 17.9 Å². The van der Waals surface area contributed by atoms with Crippen molar-refractivity contribution >= 4 is 52.5 Å². The minimum absolute atomic E-state index is 0.00920. The van der Waals surface area contributed by atoms with Crippen LogP contribution in [0.1, 0.15) is 41.6 Å². The molecule has 1 aliphatic heterocycles. The molecule has 2 aromatic rings. The van der Waals surface area contributed by atoms with Gasteiger partial charge in [-0.15, -0.1) is 0 Å². The van der Waals surface area contributed by atoms with Crippen LogP contribution in [0, 0.1) is 11.8 Å². The van der Waals surface area contributed by atoms with Crippen molar-refractivity contribution in [1.82, 2.24) is 10.0 Å². The minimum atomic E-state index is -0.460. The Morgan fingerprint density at radius 2 is 1.50 bits per heavy atom. The van der Waals surface area contributed by atoms with Crippen molar-refractivity contribution < 1.29 is 14.4 Å². The summed E-state index contributed by atoms with van der Waals surface area (Å²) in [5, 5.41) is 3.46. The number of rotatable bonds is 4. The minimum Gasteiger partial charge on any atom is -0.272 e. The Kier molecular flexibility index (Phi) is 6.05. The highest BCUT2D eigenvalue weighted by Gasteiger charge is 2.51. The van der Waals surface area contributed by atoms with Crippen LogP contribution >= 0.6 is 34.8 Å². The van der Waals surface area contributed by atoms with E-state index < -0.39 is 5.91 Å². The van der Waals surface area contributed by atoms with Crippen molar-refractivity contribution in [2.75, 3.05) is 0 Å². The molecule has 0 spiro atoms. The number of carbonyl (C=O) groups excluding carboxylic acids is 3. The summed E-state index contributed by atoms with van der Waals surface area (Å²) < 4.78 is 0. The van der Waals surface area contributed by atoms with Crippen LogP contribution in [0.4, 0.5) is 0 Å². The third-order valence-electron chi connectivity index (χ3n) is 5.70. The van der Waals surface area contributed by atoms with Crippen LogP contribution in [-0.2, 0) is 16.1 Å². The summed E-state index contributed by atoms with van der Waals surface area (Å²) >= 11 is 18.1. The predicted molar refractivity (Wildman–Crippen MR) is 115 cm³/mol. The maximum atomic E-state index is 13.4. The molecule has 3 amide bonds. The fraction of sp³-hybridized carbons (Fsp3) is 0.318. The highest BCUT2D eigenvalue weighted by Crippen LogP contribution is 2.39. The molecule has 30 heavy (non-hydrogen) atoms. The summed E-state index contributed by atoms with van der Waals surface area (Å²) in [5.74, 6) is -1.81. The van der Waals surface area contributed by atoms with Crippen molar-refractivity contribution in [3.8, 4) is 0 Å². The zero-order chi connectivity index (χ0) is 21.4. The van der Waals surface area contributed by atoms with Gasteiger partial charge in [0, 0.05) is 10.6 Å². The molecular formula is C22H19Cl3N2O3. The molecule has 2 fully saturated rings. The van der Waals surface area contributed by atoms with Crippen LogP contribution in [0.2, 0.25) is 15.1 Å². The Bertz CT molecular complexity index is 985. The molecule has 1 saturated heterocycles. The fourth-order valence-electron chi connectivity index (χ4n) is 4.17. The zero-order valence-corrected chi connectivity index (χ0v) is 18.3. The van der Waals surface area contributed by atoms with Crippen molar-refractivity contribution in [1.29, 1.82) is 0 Å². The van der Waals surface area contributed by atoms with Gasteiger partial charge in [-0.1, -0.05) is 53.7 Å². The quantitative estimate of drug-likeness (QED) is 0.570. The second kappa shape index (κ2) is 8.58. The molecule has 0 N–H and O–H groups in total. The van der Waals surface area contributed by atoms with Gasteiger partial charge in [0.05, 0.1) is 28.4 Å². The Labute approximate surface area is 189 Å². The van der Waals surface area contributed by atoms with Gasteiger partial charge in [0.2, 0.25) is 0 Å². The Balaban J connectivity index is 1.71. The monoisotopic (exact) mass is 464 g/mol. The number of amides is 3. The lowest BCUT2D eigenvalue weighted by Gasteiger charge is -2.30. The Morgan fingerprint density at radius 3 is 2.07 bits per heavy atom. The standard InChI is InChI=1S/C22H19Cl3N2O3/c23-15-8-6-14(7-9-15)20(28)26(12-13-5-10-18(24)19(25)11-13)27-21(29)16-3-1-2-4-17(16)22(27)30/h5-11,16-17H,1-4,12H2/t16-,17-/m1/s1. The van der Waals surface area contributed by atoms with E-state index in [0.29, 0.717) is 39.0 Å². The van der Waals surface area contributed by atoms with Gasteiger partial charge in [-0.2, -0.15) is 5.01 Å². The number of imide groups is 1. The molecule has 156 valence electrons. The first-order valence-electron chi connectivity index (χ1n) is 9.76. The van der Waals surface area contributed by atoms with E-state index in [1.807, 2.05) is 0 Å². The third kappa shape index (κ3) is 3.94. The van der Waals surface area contributed by atoms with Crippen LogP contribution in [0.25, 0.3) is 0 Å². The van der Waals surface area contributed by atoms with Gasteiger partial charge in [0.25, 0.3) is 17.7 Å². The number of fused-ring (bicyclic) bond motifs is 1. The lowest BCUT2D eigenvalue weighted by molar-refractivity contribution is -0.155. The number of nitrogens with zero attached hydrogens (tertiary/aromatic N) is 2. The summed E-state index contributed by atoms with van der Waals surface area (Å²) in [6.07, 6.45) is 3.15. The van der Waals surface area contributed by atoms with Gasteiger partial charge in [-0.05, 0) is 54.8 Å². The van der Waals surface area contributed by atoms with E-state index in [2.05, 4.69) is 0 Å². The maximum Gasteiger partial charge on any atom is 0.273 e. The van der Waals surface area contributed by atoms with E-state index in [4.69, 9.17) is 34.8 Å². The molecule has 2 atom stereocenters. The van der Waals surface area contributed by atoms with E-state index in [9.17, 15) is 14.4 Å². The van der Waals surface area contributed by atoms with Crippen molar-refractivity contribution in [2.45, 2.75) is 32.2 Å². The predicted octanol–water partition coefficient (Wildman–Crippen LogP) is 5.38. The molecule has 5 nitrogen and oxygen atoms in total. The molecule has 8 heteroatoms. The average Bonchev–Trinajstić information content (AvgIpc) is 2.99. The average molecular weight is 466 g/mol. The summed E-state index contributed by atoms with van der Waals surface area (Å²) in [4.78, 5) is 39.6. The number of hydrazine groups is 1. The van der Waals surface area contributed by atoms with Crippen LogP contribution in [0.15, 0.2) is 42.5 Å². The molecule has 0 radical (unpaired) electrons. The Morgan fingerprint density at radius 1 is 0.900 bits per heavy atom. The van der Waals surface area contributed by atoms with E-state index in [1.165, 1.54) is 5.01 Å². The molecule has 4 rings (SSSR count). The molecule has 0 bridgehead atoms. The smallest absolute Gasteiger partial charge is 0.272 e.